The van der Waals surface area contributed by atoms with Crippen molar-refractivity contribution < 1.29 is 24.2 Å². The largest absolute Gasteiger partial charge is 0.508 e. The average molecular weight is 504 g/mol. The SMILES string of the molecule is CC(C)CC(NC(=O)OC(C)(C)C)C(=O)N(C(C)C)C(C(=O)NC1CCCCC1)c1ccc(O)cc1. The first kappa shape index (κ1) is 29.5. The van der Waals surface area contributed by atoms with Crippen molar-refractivity contribution in [3.8, 4) is 5.75 Å². The molecule has 1 fully saturated rings. The van der Waals surface area contributed by atoms with Gasteiger partial charge in [0, 0.05) is 12.1 Å². The second kappa shape index (κ2) is 13.0. The molecule has 0 spiro atoms. The van der Waals surface area contributed by atoms with E-state index in [9.17, 15) is 19.5 Å². The Morgan fingerprint density at radius 3 is 2.11 bits per heavy atom. The smallest absolute Gasteiger partial charge is 0.408 e. The van der Waals surface area contributed by atoms with E-state index in [1.165, 1.54) is 12.1 Å². The van der Waals surface area contributed by atoms with Gasteiger partial charge in [-0.05, 0) is 77.5 Å². The molecule has 0 aromatic heterocycles. The Morgan fingerprint density at radius 1 is 1.03 bits per heavy atom. The zero-order chi connectivity index (χ0) is 27.0. The lowest BCUT2D eigenvalue weighted by Gasteiger charge is -2.38. The van der Waals surface area contributed by atoms with Crippen LogP contribution < -0.4 is 10.6 Å². The molecule has 0 saturated heterocycles. The van der Waals surface area contributed by atoms with Crippen molar-refractivity contribution in [2.24, 2.45) is 5.92 Å². The molecular weight excluding hydrogens is 458 g/mol. The number of benzene rings is 1. The molecule has 36 heavy (non-hydrogen) atoms. The minimum Gasteiger partial charge on any atom is -0.508 e. The molecule has 1 saturated carbocycles. The first-order valence-electron chi connectivity index (χ1n) is 13.2. The van der Waals surface area contributed by atoms with Crippen molar-refractivity contribution in [3.63, 3.8) is 0 Å². The van der Waals surface area contributed by atoms with Gasteiger partial charge in [-0.25, -0.2) is 4.79 Å². The Labute approximate surface area is 216 Å². The molecule has 3 amide bonds. The van der Waals surface area contributed by atoms with Crippen LogP contribution in [-0.4, -0.2) is 51.6 Å². The van der Waals surface area contributed by atoms with Gasteiger partial charge in [-0.1, -0.05) is 45.2 Å². The number of carbonyl (C=O) groups excluding carboxylic acids is 3. The van der Waals surface area contributed by atoms with Gasteiger partial charge in [0.2, 0.25) is 11.8 Å². The monoisotopic (exact) mass is 503 g/mol. The normalized spacial score (nSPS) is 16.4. The van der Waals surface area contributed by atoms with E-state index in [4.69, 9.17) is 4.74 Å². The molecule has 1 aromatic carbocycles. The van der Waals surface area contributed by atoms with Crippen LogP contribution in [0.3, 0.4) is 0 Å². The van der Waals surface area contributed by atoms with E-state index in [-0.39, 0.29) is 35.6 Å². The number of rotatable bonds is 9. The summed E-state index contributed by atoms with van der Waals surface area (Å²) in [5.41, 5.74) is -0.106. The van der Waals surface area contributed by atoms with Crippen LogP contribution in [-0.2, 0) is 14.3 Å². The maximum absolute atomic E-state index is 14.0. The molecule has 2 rings (SSSR count). The number of amides is 3. The number of nitrogens with one attached hydrogen (secondary N) is 2. The fraction of sp³-hybridized carbons (Fsp3) is 0.679. The summed E-state index contributed by atoms with van der Waals surface area (Å²) in [7, 11) is 0. The number of phenols is 1. The van der Waals surface area contributed by atoms with E-state index >= 15 is 0 Å². The molecule has 1 aliphatic carbocycles. The third-order valence-electron chi connectivity index (χ3n) is 6.19. The van der Waals surface area contributed by atoms with Crippen LogP contribution in [0.25, 0.3) is 0 Å². The van der Waals surface area contributed by atoms with Crippen LogP contribution in [0.1, 0.15) is 98.6 Å². The number of alkyl carbamates (subject to hydrolysis) is 1. The van der Waals surface area contributed by atoms with Crippen molar-refractivity contribution in [1.82, 2.24) is 15.5 Å². The molecule has 0 aliphatic heterocycles. The highest BCUT2D eigenvalue weighted by Crippen LogP contribution is 2.28. The number of nitrogens with zero attached hydrogens (tertiary/aromatic N) is 1. The summed E-state index contributed by atoms with van der Waals surface area (Å²) in [5, 5.41) is 15.8. The van der Waals surface area contributed by atoms with Gasteiger partial charge in [-0.15, -0.1) is 0 Å². The van der Waals surface area contributed by atoms with Gasteiger partial charge in [0.25, 0.3) is 0 Å². The average Bonchev–Trinajstić information content (AvgIpc) is 2.76. The van der Waals surface area contributed by atoms with E-state index in [2.05, 4.69) is 10.6 Å². The zero-order valence-electron chi connectivity index (χ0n) is 23.0. The van der Waals surface area contributed by atoms with E-state index in [0.29, 0.717) is 12.0 Å². The highest BCUT2D eigenvalue weighted by Gasteiger charge is 2.38. The van der Waals surface area contributed by atoms with Crippen LogP contribution in [0.4, 0.5) is 4.79 Å². The molecule has 0 bridgehead atoms. The summed E-state index contributed by atoms with van der Waals surface area (Å²) in [6.07, 6.45) is 4.86. The number of aromatic hydroxyl groups is 1. The first-order valence-corrected chi connectivity index (χ1v) is 13.2. The van der Waals surface area contributed by atoms with E-state index in [1.807, 2.05) is 27.7 Å². The Bertz CT molecular complexity index is 870. The van der Waals surface area contributed by atoms with Crippen molar-refractivity contribution in [3.05, 3.63) is 29.8 Å². The summed E-state index contributed by atoms with van der Waals surface area (Å²) in [6.45, 7) is 13.0. The van der Waals surface area contributed by atoms with Crippen molar-refractivity contribution >= 4 is 17.9 Å². The maximum Gasteiger partial charge on any atom is 0.408 e. The Morgan fingerprint density at radius 2 is 1.61 bits per heavy atom. The summed E-state index contributed by atoms with van der Waals surface area (Å²) in [4.78, 5) is 41.9. The Kier molecular flexibility index (Phi) is 10.6. The number of phenolic OH excluding ortho intramolecular Hbond substituents is 1. The Balaban J connectivity index is 2.42. The summed E-state index contributed by atoms with van der Waals surface area (Å²) in [6, 6.07) is 4.35. The lowest BCUT2D eigenvalue weighted by Crippen LogP contribution is -2.56. The Hall–Kier alpha value is -2.77. The van der Waals surface area contributed by atoms with Gasteiger partial charge in [0.05, 0.1) is 0 Å². The van der Waals surface area contributed by atoms with Crippen molar-refractivity contribution in [2.45, 2.75) is 117 Å². The van der Waals surface area contributed by atoms with Gasteiger partial charge < -0.3 is 25.4 Å². The second-order valence-electron chi connectivity index (χ2n) is 11.5. The number of carbonyl (C=O) groups is 3. The minimum absolute atomic E-state index is 0.0707. The van der Waals surface area contributed by atoms with Crippen molar-refractivity contribution in [2.75, 3.05) is 0 Å². The van der Waals surface area contributed by atoms with Crippen LogP contribution in [0, 0.1) is 5.92 Å². The molecule has 1 aromatic rings. The van der Waals surface area contributed by atoms with Gasteiger partial charge in [0.15, 0.2) is 0 Å². The first-order chi connectivity index (χ1) is 16.8. The highest BCUT2D eigenvalue weighted by molar-refractivity contribution is 5.92. The van der Waals surface area contributed by atoms with E-state index in [0.717, 1.165) is 32.1 Å². The number of hydrogen-bond donors (Lipinski definition) is 3. The number of hydrogen-bond acceptors (Lipinski definition) is 5. The maximum atomic E-state index is 14.0. The lowest BCUT2D eigenvalue weighted by molar-refractivity contribution is -0.145. The molecule has 0 radical (unpaired) electrons. The lowest BCUT2D eigenvalue weighted by atomic mass is 9.94. The quantitative estimate of drug-likeness (QED) is 0.437. The van der Waals surface area contributed by atoms with Crippen molar-refractivity contribution in [1.29, 1.82) is 0 Å². The third-order valence-corrected chi connectivity index (χ3v) is 6.19. The minimum atomic E-state index is -0.907. The van der Waals surface area contributed by atoms with E-state index in [1.54, 1.807) is 37.8 Å². The molecule has 202 valence electrons. The third kappa shape index (κ3) is 9.03. The highest BCUT2D eigenvalue weighted by atomic mass is 16.6. The number of ether oxygens (including phenoxy) is 1. The fourth-order valence-corrected chi connectivity index (χ4v) is 4.62. The molecule has 8 heteroatoms. The fourth-order valence-electron chi connectivity index (χ4n) is 4.62. The molecule has 8 nitrogen and oxygen atoms in total. The molecule has 1 aliphatic rings. The van der Waals surface area contributed by atoms with Crippen LogP contribution in [0.15, 0.2) is 24.3 Å². The summed E-state index contributed by atoms with van der Waals surface area (Å²) < 4.78 is 5.42. The van der Waals surface area contributed by atoms with Gasteiger partial charge in [-0.3, -0.25) is 9.59 Å². The van der Waals surface area contributed by atoms with Gasteiger partial charge in [-0.2, -0.15) is 0 Å². The van der Waals surface area contributed by atoms with Crippen LogP contribution >= 0.6 is 0 Å². The predicted molar refractivity (Wildman–Crippen MR) is 140 cm³/mol. The van der Waals surface area contributed by atoms with Gasteiger partial charge >= 0.3 is 6.09 Å². The summed E-state index contributed by atoms with van der Waals surface area (Å²) >= 11 is 0. The van der Waals surface area contributed by atoms with E-state index < -0.39 is 23.8 Å². The molecule has 2 unspecified atom stereocenters. The predicted octanol–water partition coefficient (Wildman–Crippen LogP) is 5.06. The molecule has 3 N–H and O–H groups in total. The standard InChI is InChI=1S/C28H45N3O5/c1-18(2)17-23(30-27(35)36-28(5,6)7)26(34)31(19(3)4)24(20-13-15-22(32)16-14-20)25(33)29-21-11-9-8-10-12-21/h13-16,18-19,21,23-24,32H,8-12,17H2,1-7H3,(H,29,33)(H,30,35). The topological polar surface area (TPSA) is 108 Å². The zero-order valence-corrected chi connectivity index (χ0v) is 23.0. The molecular formula is C28H45N3O5. The molecule has 2 atom stereocenters. The second-order valence-corrected chi connectivity index (χ2v) is 11.5. The van der Waals surface area contributed by atoms with Gasteiger partial charge in [0.1, 0.15) is 23.4 Å². The molecule has 0 heterocycles. The van der Waals surface area contributed by atoms with Crippen LogP contribution in [0.2, 0.25) is 0 Å². The summed E-state index contributed by atoms with van der Waals surface area (Å²) in [5.74, 6) is -0.403. The van der Waals surface area contributed by atoms with Crippen LogP contribution in [0.5, 0.6) is 5.75 Å².